The van der Waals surface area contributed by atoms with Crippen LogP contribution in [0.3, 0.4) is 0 Å². The zero-order chi connectivity index (χ0) is 20.3. The maximum Gasteiger partial charge on any atom is 0.235 e. The van der Waals surface area contributed by atoms with E-state index in [4.69, 9.17) is 1.37 Å². The molecule has 1 aliphatic carbocycles. The molecule has 0 saturated heterocycles. The van der Waals surface area contributed by atoms with Gasteiger partial charge in [0.1, 0.15) is 11.6 Å². The van der Waals surface area contributed by atoms with Crippen molar-refractivity contribution < 1.29 is 9.79 Å². The van der Waals surface area contributed by atoms with Crippen molar-refractivity contribution in [2.75, 3.05) is 10.0 Å². The first-order valence-electron chi connectivity index (χ1n) is 9.73. The fraction of sp³-hybridized carbons (Fsp3) is 0.316. The van der Waals surface area contributed by atoms with Crippen molar-refractivity contribution in [1.82, 2.24) is 20.2 Å². The van der Waals surface area contributed by atoms with E-state index in [1.165, 1.54) is 0 Å². The van der Waals surface area contributed by atoms with Crippen LogP contribution in [0.25, 0.3) is 11.3 Å². The number of sulfonamides is 1. The van der Waals surface area contributed by atoms with E-state index in [0.29, 0.717) is 41.4 Å². The molecule has 0 atom stereocenters. The molecule has 2 heterocycles. The molecular formula is C19H22N6O2S. The van der Waals surface area contributed by atoms with Crippen molar-refractivity contribution in [2.45, 2.75) is 37.4 Å². The van der Waals surface area contributed by atoms with Gasteiger partial charge in [0.15, 0.2) is 0 Å². The summed E-state index contributed by atoms with van der Waals surface area (Å²) >= 11 is 0. The number of nitrogens with zero attached hydrogens (tertiary/aromatic N) is 3. The van der Waals surface area contributed by atoms with E-state index in [1.54, 1.807) is 42.9 Å². The normalized spacial score (nSPS) is 15.8. The largest absolute Gasteiger partial charge is 0.324 e. The monoisotopic (exact) mass is 399 g/mol. The van der Waals surface area contributed by atoms with Crippen LogP contribution in [0.5, 0.6) is 0 Å². The molecule has 1 aromatic carbocycles. The lowest BCUT2D eigenvalue weighted by Crippen LogP contribution is -2.29. The average Bonchev–Trinajstić information content (AvgIpc) is 3.10. The van der Waals surface area contributed by atoms with E-state index in [-0.39, 0.29) is 11.3 Å². The number of anilines is 3. The van der Waals surface area contributed by atoms with Crippen LogP contribution in [0.1, 0.15) is 33.5 Å². The standard InChI is InChI=1S/C19H22N6O2S/c26-28(27,16-4-2-1-3-5-16)25-15-8-6-14(7-9-15)17-12-18(24-23-17)22-19-13-20-10-11-21-19/h6-13,16,25H,1-5H2,(H2,21,22,23,24)/i12D. The Morgan fingerprint density at radius 2 is 1.89 bits per heavy atom. The smallest absolute Gasteiger partial charge is 0.235 e. The van der Waals surface area contributed by atoms with Crippen molar-refractivity contribution >= 4 is 27.3 Å². The first-order valence-corrected chi connectivity index (χ1v) is 10.8. The minimum absolute atomic E-state index is 0.186. The van der Waals surface area contributed by atoms with Gasteiger partial charge in [-0.3, -0.25) is 14.8 Å². The zero-order valence-corrected chi connectivity index (χ0v) is 16.0. The maximum absolute atomic E-state index is 12.6. The van der Waals surface area contributed by atoms with Gasteiger partial charge in [0.25, 0.3) is 0 Å². The van der Waals surface area contributed by atoms with Gasteiger partial charge in [0.05, 0.1) is 18.5 Å². The molecule has 0 amide bonds. The van der Waals surface area contributed by atoms with Crippen molar-refractivity contribution in [3.63, 3.8) is 0 Å². The van der Waals surface area contributed by atoms with E-state index in [1.807, 2.05) is 0 Å². The summed E-state index contributed by atoms with van der Waals surface area (Å²) < 4.78 is 36.1. The van der Waals surface area contributed by atoms with Gasteiger partial charge in [-0.05, 0) is 25.0 Å². The Kier molecular flexibility index (Phi) is 4.89. The van der Waals surface area contributed by atoms with E-state index in [9.17, 15) is 8.42 Å². The Hall–Kier alpha value is -2.94. The lowest BCUT2D eigenvalue weighted by molar-refractivity contribution is 0.486. The number of rotatable bonds is 6. The van der Waals surface area contributed by atoms with E-state index >= 15 is 0 Å². The molecule has 0 unspecified atom stereocenters. The quantitative estimate of drug-likeness (QED) is 0.583. The maximum atomic E-state index is 12.6. The number of hydrogen-bond donors (Lipinski definition) is 3. The Morgan fingerprint density at radius 1 is 1.11 bits per heavy atom. The second-order valence-corrected chi connectivity index (χ2v) is 8.73. The summed E-state index contributed by atoms with van der Waals surface area (Å²) in [5.74, 6) is 0.909. The highest BCUT2D eigenvalue weighted by atomic mass is 32.2. The molecule has 1 fully saturated rings. The van der Waals surface area contributed by atoms with Crippen LogP contribution in [-0.4, -0.2) is 33.8 Å². The van der Waals surface area contributed by atoms with Gasteiger partial charge < -0.3 is 5.32 Å². The summed E-state index contributed by atoms with van der Waals surface area (Å²) in [6, 6.07) is 7.07. The van der Waals surface area contributed by atoms with Crippen LogP contribution in [0.15, 0.2) is 48.9 Å². The summed E-state index contributed by atoms with van der Waals surface area (Å²) in [5, 5.41) is 9.63. The highest BCUT2D eigenvalue weighted by molar-refractivity contribution is 7.93. The molecular weight excluding hydrogens is 376 g/mol. The molecule has 0 radical (unpaired) electrons. The molecule has 2 aromatic heterocycles. The third kappa shape index (κ3) is 4.30. The van der Waals surface area contributed by atoms with Crippen LogP contribution in [0.4, 0.5) is 17.3 Å². The van der Waals surface area contributed by atoms with E-state index < -0.39 is 10.0 Å². The predicted molar refractivity (Wildman–Crippen MR) is 109 cm³/mol. The van der Waals surface area contributed by atoms with Gasteiger partial charge in [0.2, 0.25) is 10.0 Å². The van der Waals surface area contributed by atoms with Gasteiger partial charge in [-0.2, -0.15) is 5.10 Å². The van der Waals surface area contributed by atoms with Crippen LogP contribution < -0.4 is 10.0 Å². The van der Waals surface area contributed by atoms with Crippen LogP contribution in [0, 0.1) is 0 Å². The molecule has 4 rings (SSSR count). The topological polar surface area (TPSA) is 113 Å². The Morgan fingerprint density at radius 3 is 2.61 bits per heavy atom. The van der Waals surface area contributed by atoms with Crippen LogP contribution >= 0.6 is 0 Å². The van der Waals surface area contributed by atoms with Gasteiger partial charge in [-0.15, -0.1) is 0 Å². The fourth-order valence-electron chi connectivity index (χ4n) is 3.29. The number of nitrogens with one attached hydrogen (secondary N) is 3. The molecule has 0 aliphatic heterocycles. The Labute approximate surface area is 165 Å². The first kappa shape index (κ1) is 17.2. The second-order valence-electron chi connectivity index (χ2n) is 6.77. The summed E-state index contributed by atoms with van der Waals surface area (Å²) in [6.07, 6.45) is 9.11. The SMILES string of the molecule is [2H]c1c(-c2ccc(NS(=O)(=O)C3CCCCC3)cc2)n[nH]c1Nc1cnccn1. The number of aromatic nitrogens is 4. The molecule has 9 heteroatoms. The minimum atomic E-state index is -3.38. The molecule has 0 spiro atoms. The van der Waals surface area contributed by atoms with Crippen molar-refractivity contribution in [1.29, 1.82) is 0 Å². The number of aromatic amines is 1. The molecule has 0 bridgehead atoms. The van der Waals surface area contributed by atoms with Gasteiger partial charge in [-0.25, -0.2) is 13.4 Å². The van der Waals surface area contributed by atoms with E-state index in [2.05, 4.69) is 30.2 Å². The molecule has 1 saturated carbocycles. The van der Waals surface area contributed by atoms with E-state index in [0.717, 1.165) is 19.3 Å². The summed E-state index contributed by atoms with van der Waals surface area (Å²) in [6.45, 7) is 0. The zero-order valence-electron chi connectivity index (χ0n) is 16.2. The number of benzene rings is 1. The van der Waals surface area contributed by atoms with Gasteiger partial charge in [-0.1, -0.05) is 31.4 Å². The number of H-pyrrole nitrogens is 1. The highest BCUT2D eigenvalue weighted by Gasteiger charge is 2.27. The third-order valence-electron chi connectivity index (χ3n) is 4.75. The molecule has 1 aliphatic rings. The average molecular weight is 399 g/mol. The Bertz CT molecular complexity index is 1060. The minimum Gasteiger partial charge on any atom is -0.324 e. The van der Waals surface area contributed by atoms with Crippen LogP contribution in [0.2, 0.25) is 0 Å². The highest BCUT2D eigenvalue weighted by Crippen LogP contribution is 2.27. The van der Waals surface area contributed by atoms with Crippen molar-refractivity contribution in [3.05, 3.63) is 48.9 Å². The summed E-state index contributed by atoms with van der Waals surface area (Å²) in [7, 11) is -3.38. The lowest BCUT2D eigenvalue weighted by Gasteiger charge is -2.22. The second kappa shape index (κ2) is 7.97. The predicted octanol–water partition coefficient (Wildman–Crippen LogP) is 3.68. The molecule has 3 aromatic rings. The van der Waals surface area contributed by atoms with Gasteiger partial charge >= 0.3 is 0 Å². The fourth-order valence-corrected chi connectivity index (χ4v) is 4.88. The Balaban J connectivity index is 1.48. The summed E-state index contributed by atoms with van der Waals surface area (Å²) in [5.41, 5.74) is 1.68. The lowest BCUT2D eigenvalue weighted by atomic mass is 10.0. The molecule has 3 N–H and O–H groups in total. The van der Waals surface area contributed by atoms with Crippen LogP contribution in [-0.2, 0) is 10.0 Å². The van der Waals surface area contributed by atoms with Crippen molar-refractivity contribution in [3.8, 4) is 11.3 Å². The summed E-state index contributed by atoms with van der Waals surface area (Å²) in [4.78, 5) is 8.08. The molecule has 8 nitrogen and oxygen atoms in total. The number of hydrogen-bond acceptors (Lipinski definition) is 6. The molecule has 146 valence electrons. The van der Waals surface area contributed by atoms with Crippen molar-refractivity contribution in [2.24, 2.45) is 0 Å². The van der Waals surface area contributed by atoms with Gasteiger partial charge in [0, 0.05) is 29.7 Å². The third-order valence-corrected chi connectivity index (χ3v) is 6.62. The first-order chi connectivity index (χ1) is 14.0. The molecule has 28 heavy (non-hydrogen) atoms.